The Bertz CT molecular complexity index is 363. The van der Waals surface area contributed by atoms with Crippen LogP contribution in [0, 0.1) is 0 Å². The van der Waals surface area contributed by atoms with Gasteiger partial charge in [0.05, 0.1) is 13.2 Å². The number of hydrogen-bond acceptors (Lipinski definition) is 8. The molecule has 1 aliphatic rings. The first kappa shape index (κ1) is 16.8. The molecule has 6 atom stereocenters. The largest absolute Gasteiger partial charge is 0.394 e. The van der Waals surface area contributed by atoms with Gasteiger partial charge < -0.3 is 41.3 Å². The third-order valence-corrected chi connectivity index (χ3v) is 2.95. The molecular formula is C10H18N2O8. The van der Waals surface area contributed by atoms with Gasteiger partial charge >= 0.3 is 0 Å². The third-order valence-electron chi connectivity index (χ3n) is 2.95. The molecule has 0 aromatic carbocycles. The lowest BCUT2D eigenvalue weighted by Gasteiger charge is -2.41. The first-order valence-corrected chi connectivity index (χ1v) is 5.84. The van der Waals surface area contributed by atoms with Gasteiger partial charge in [-0.2, -0.15) is 0 Å². The molecule has 10 heteroatoms. The molecule has 0 bridgehead atoms. The first-order valence-electron chi connectivity index (χ1n) is 5.84. The van der Waals surface area contributed by atoms with Crippen molar-refractivity contribution in [1.82, 2.24) is 5.32 Å². The highest BCUT2D eigenvalue weighted by Gasteiger charge is 2.47. The van der Waals surface area contributed by atoms with Crippen molar-refractivity contribution in [3.8, 4) is 0 Å². The topological polar surface area (TPSA) is 183 Å². The van der Waals surface area contributed by atoms with Crippen molar-refractivity contribution in [2.24, 2.45) is 5.73 Å². The predicted molar refractivity (Wildman–Crippen MR) is 62.0 cm³/mol. The number of carbonyl (C=O) groups excluding carboxylic acids is 2. The number of amides is 2. The van der Waals surface area contributed by atoms with E-state index >= 15 is 0 Å². The second-order valence-electron chi connectivity index (χ2n) is 4.42. The normalized spacial score (nSPS) is 35.4. The SMILES string of the molecule is NC(=O)CNC(=O)C(O)C1O[C@H](CO)[C@@H](O)[C@H](O)[C@H]1O. The van der Waals surface area contributed by atoms with Crippen molar-refractivity contribution in [3.63, 3.8) is 0 Å². The smallest absolute Gasteiger partial charge is 0.252 e. The number of nitrogens with one attached hydrogen (secondary N) is 1. The first-order chi connectivity index (χ1) is 9.29. The summed E-state index contributed by atoms with van der Waals surface area (Å²) in [6.07, 6.45) is -9.77. The van der Waals surface area contributed by atoms with Crippen LogP contribution in [0.2, 0.25) is 0 Å². The molecular weight excluding hydrogens is 276 g/mol. The Morgan fingerprint density at radius 1 is 1.20 bits per heavy atom. The number of carbonyl (C=O) groups is 2. The molecule has 20 heavy (non-hydrogen) atoms. The highest BCUT2D eigenvalue weighted by molar-refractivity contribution is 5.86. The van der Waals surface area contributed by atoms with Crippen LogP contribution in [0.5, 0.6) is 0 Å². The number of hydrogen-bond donors (Lipinski definition) is 7. The summed E-state index contributed by atoms with van der Waals surface area (Å²) < 4.78 is 4.98. The zero-order chi connectivity index (χ0) is 15.4. The second-order valence-corrected chi connectivity index (χ2v) is 4.42. The van der Waals surface area contributed by atoms with Crippen LogP contribution in [0.1, 0.15) is 0 Å². The van der Waals surface area contributed by atoms with Crippen molar-refractivity contribution in [2.45, 2.75) is 36.6 Å². The van der Waals surface area contributed by atoms with Gasteiger partial charge in [-0.3, -0.25) is 9.59 Å². The molecule has 2 amide bonds. The molecule has 1 saturated heterocycles. The highest BCUT2D eigenvalue weighted by Crippen LogP contribution is 2.23. The Hall–Kier alpha value is -1.30. The van der Waals surface area contributed by atoms with Crippen molar-refractivity contribution >= 4 is 11.8 Å². The van der Waals surface area contributed by atoms with Crippen LogP contribution < -0.4 is 11.1 Å². The number of nitrogens with two attached hydrogens (primary N) is 1. The number of rotatable bonds is 5. The van der Waals surface area contributed by atoms with Gasteiger partial charge in [0.15, 0.2) is 6.10 Å². The molecule has 1 aliphatic heterocycles. The van der Waals surface area contributed by atoms with Gasteiger partial charge in [0.25, 0.3) is 5.91 Å². The molecule has 0 saturated carbocycles. The molecule has 10 nitrogen and oxygen atoms in total. The Balaban J connectivity index is 2.72. The summed E-state index contributed by atoms with van der Waals surface area (Å²) >= 11 is 0. The zero-order valence-corrected chi connectivity index (χ0v) is 10.4. The summed E-state index contributed by atoms with van der Waals surface area (Å²) in [5, 5.41) is 49.4. The Morgan fingerprint density at radius 3 is 2.30 bits per heavy atom. The molecule has 2 unspecified atom stereocenters. The van der Waals surface area contributed by atoms with Gasteiger partial charge in [0.2, 0.25) is 5.91 Å². The minimum Gasteiger partial charge on any atom is -0.394 e. The average Bonchev–Trinajstić information content (AvgIpc) is 2.41. The lowest BCUT2D eigenvalue weighted by atomic mass is 9.92. The van der Waals surface area contributed by atoms with Crippen LogP contribution in [0.3, 0.4) is 0 Å². The maximum atomic E-state index is 11.5. The van der Waals surface area contributed by atoms with E-state index in [-0.39, 0.29) is 0 Å². The summed E-state index contributed by atoms with van der Waals surface area (Å²) in [5.41, 5.74) is 4.81. The van der Waals surface area contributed by atoms with Crippen molar-refractivity contribution in [3.05, 3.63) is 0 Å². The van der Waals surface area contributed by atoms with Crippen LogP contribution >= 0.6 is 0 Å². The Morgan fingerprint density at radius 2 is 1.80 bits per heavy atom. The van der Waals surface area contributed by atoms with Crippen LogP contribution in [0.4, 0.5) is 0 Å². The highest BCUT2D eigenvalue weighted by atomic mass is 16.6. The maximum absolute atomic E-state index is 11.5. The van der Waals surface area contributed by atoms with Gasteiger partial charge in [0.1, 0.15) is 30.5 Å². The summed E-state index contributed by atoms with van der Waals surface area (Å²) in [6.45, 7) is -1.20. The Labute approximate surface area is 113 Å². The molecule has 1 rings (SSSR count). The quantitative estimate of drug-likeness (QED) is 0.262. The molecule has 0 radical (unpaired) electrons. The second kappa shape index (κ2) is 6.92. The average molecular weight is 294 g/mol. The third kappa shape index (κ3) is 3.62. The fourth-order valence-electron chi connectivity index (χ4n) is 1.82. The van der Waals surface area contributed by atoms with E-state index < -0.39 is 61.6 Å². The monoisotopic (exact) mass is 294 g/mol. The fourth-order valence-corrected chi connectivity index (χ4v) is 1.82. The molecule has 116 valence electrons. The number of aliphatic hydroxyl groups excluding tert-OH is 5. The minimum absolute atomic E-state index is 0.521. The van der Waals surface area contributed by atoms with Gasteiger partial charge in [0, 0.05) is 0 Å². The summed E-state index contributed by atoms with van der Waals surface area (Å²) in [6, 6.07) is 0. The van der Waals surface area contributed by atoms with E-state index in [4.69, 9.17) is 15.6 Å². The standard InChI is InChI=1S/C10H18N2O8/c11-4(14)1-12-10(19)8(18)9-7(17)6(16)5(15)3(2-13)20-9/h3,5-9,13,15-18H,1-2H2,(H2,11,14)(H,12,19)/t3-,5-,6+,7-,8?,9?/m1/s1. The van der Waals surface area contributed by atoms with Crippen LogP contribution in [0.25, 0.3) is 0 Å². The predicted octanol–water partition coefficient (Wildman–Crippen LogP) is -5.21. The summed E-state index contributed by atoms with van der Waals surface area (Å²) in [7, 11) is 0. The van der Waals surface area contributed by atoms with Crippen LogP contribution in [0.15, 0.2) is 0 Å². The van der Waals surface area contributed by atoms with Crippen molar-refractivity contribution < 1.29 is 39.9 Å². The molecule has 0 spiro atoms. The lowest BCUT2D eigenvalue weighted by molar-refractivity contribution is -0.247. The van der Waals surface area contributed by atoms with Gasteiger partial charge in [-0.1, -0.05) is 0 Å². The molecule has 8 N–H and O–H groups in total. The number of primary amides is 1. The maximum Gasteiger partial charge on any atom is 0.252 e. The van der Waals surface area contributed by atoms with E-state index in [2.05, 4.69) is 0 Å². The fraction of sp³-hybridized carbons (Fsp3) is 0.800. The van der Waals surface area contributed by atoms with Crippen molar-refractivity contribution in [2.75, 3.05) is 13.2 Å². The van der Waals surface area contributed by atoms with Gasteiger partial charge in [-0.05, 0) is 0 Å². The molecule has 1 heterocycles. The van der Waals surface area contributed by atoms with Gasteiger partial charge in [-0.15, -0.1) is 0 Å². The molecule has 0 aliphatic carbocycles. The minimum atomic E-state index is -1.92. The lowest BCUT2D eigenvalue weighted by Crippen LogP contribution is -2.63. The van der Waals surface area contributed by atoms with Gasteiger partial charge in [-0.25, -0.2) is 0 Å². The van der Waals surface area contributed by atoms with E-state index in [1.807, 2.05) is 5.32 Å². The summed E-state index contributed by atoms with van der Waals surface area (Å²) in [5.74, 6) is -1.88. The van der Waals surface area contributed by atoms with Crippen LogP contribution in [-0.4, -0.2) is 87.1 Å². The van der Waals surface area contributed by atoms with Crippen molar-refractivity contribution in [1.29, 1.82) is 0 Å². The Kier molecular flexibility index (Phi) is 5.80. The van der Waals surface area contributed by atoms with E-state index in [9.17, 15) is 30.0 Å². The molecule has 0 aromatic heterocycles. The number of aliphatic hydroxyl groups is 5. The van der Waals surface area contributed by atoms with Crippen LogP contribution in [-0.2, 0) is 14.3 Å². The van der Waals surface area contributed by atoms with E-state index in [0.717, 1.165) is 0 Å². The van der Waals surface area contributed by atoms with E-state index in [1.54, 1.807) is 0 Å². The zero-order valence-electron chi connectivity index (χ0n) is 10.4. The number of ether oxygens (including phenoxy) is 1. The van der Waals surface area contributed by atoms with E-state index in [1.165, 1.54) is 0 Å². The van der Waals surface area contributed by atoms with E-state index in [0.29, 0.717) is 0 Å². The molecule has 1 fully saturated rings. The molecule has 0 aromatic rings. The summed E-state index contributed by atoms with van der Waals surface area (Å²) in [4.78, 5) is 22.0.